The van der Waals surface area contributed by atoms with Crippen LogP contribution in [0, 0.1) is 0 Å². The third-order valence-electron chi connectivity index (χ3n) is 2.52. The fraction of sp³-hybridized carbons (Fsp3) is 1.00. The lowest BCUT2D eigenvalue weighted by Gasteiger charge is -2.14. The van der Waals surface area contributed by atoms with Crippen molar-refractivity contribution in [3.63, 3.8) is 0 Å². The second-order valence-electron chi connectivity index (χ2n) is 3.85. The van der Waals surface area contributed by atoms with Crippen LogP contribution in [0.5, 0.6) is 0 Å². The van der Waals surface area contributed by atoms with Crippen LogP contribution in [-0.2, 0) is 9.47 Å². The molecule has 1 fully saturated rings. The lowest BCUT2D eigenvalue weighted by Crippen LogP contribution is -2.26. The largest absolute Gasteiger partial charge is 0.389 e. The van der Waals surface area contributed by atoms with Gasteiger partial charge in [0.1, 0.15) is 0 Å². The molecule has 2 N–H and O–H groups in total. The van der Waals surface area contributed by atoms with Gasteiger partial charge in [-0.05, 0) is 6.42 Å². The van der Waals surface area contributed by atoms with Gasteiger partial charge in [-0.3, -0.25) is 4.90 Å². The Morgan fingerprint density at radius 1 is 1.13 bits per heavy atom. The van der Waals surface area contributed by atoms with E-state index in [0.29, 0.717) is 26.3 Å². The van der Waals surface area contributed by atoms with Gasteiger partial charge in [0.2, 0.25) is 0 Å². The first kappa shape index (κ1) is 12.9. The lowest BCUT2D eigenvalue weighted by atomic mass is 10.3. The van der Waals surface area contributed by atoms with Gasteiger partial charge in [0, 0.05) is 40.0 Å². The van der Waals surface area contributed by atoms with Gasteiger partial charge in [0.25, 0.3) is 0 Å². The molecule has 2 atom stereocenters. The normalized spacial score (nSPS) is 27.4. The van der Waals surface area contributed by atoms with Crippen molar-refractivity contribution in [1.29, 1.82) is 0 Å². The van der Waals surface area contributed by atoms with Crippen molar-refractivity contribution < 1.29 is 19.7 Å². The van der Waals surface area contributed by atoms with Gasteiger partial charge in [0.05, 0.1) is 18.8 Å². The molecule has 0 saturated carbocycles. The van der Waals surface area contributed by atoms with E-state index in [0.717, 1.165) is 19.6 Å². The number of rotatable bonds is 7. The standard InChI is InChI=1S/C10H21NO4/c1-14-4-2-5-15-6-3-11-7-9(12)10(13)8-11/h9-10,12-13H,2-8H2,1H3/t9-,10+. The highest BCUT2D eigenvalue weighted by molar-refractivity contribution is 4.82. The molecular weight excluding hydrogens is 198 g/mol. The zero-order valence-corrected chi connectivity index (χ0v) is 9.26. The highest BCUT2D eigenvalue weighted by atomic mass is 16.5. The molecule has 0 radical (unpaired) electrons. The molecule has 0 aromatic heterocycles. The number of methoxy groups -OCH3 is 1. The van der Waals surface area contributed by atoms with Crippen LogP contribution in [0.15, 0.2) is 0 Å². The Labute approximate surface area is 90.6 Å². The minimum absolute atomic E-state index is 0.544. The summed E-state index contributed by atoms with van der Waals surface area (Å²) < 4.78 is 10.3. The first-order valence-electron chi connectivity index (χ1n) is 5.39. The number of nitrogens with zero attached hydrogens (tertiary/aromatic N) is 1. The quantitative estimate of drug-likeness (QED) is 0.542. The molecule has 0 aromatic carbocycles. The molecule has 0 aliphatic carbocycles. The van der Waals surface area contributed by atoms with E-state index >= 15 is 0 Å². The highest BCUT2D eigenvalue weighted by Gasteiger charge is 2.28. The maximum Gasteiger partial charge on any atom is 0.0938 e. The molecule has 1 rings (SSSR count). The number of aliphatic hydroxyl groups excluding tert-OH is 2. The Balaban J connectivity index is 1.92. The molecule has 1 heterocycles. The third kappa shape index (κ3) is 4.90. The predicted molar refractivity (Wildman–Crippen MR) is 55.8 cm³/mol. The summed E-state index contributed by atoms with van der Waals surface area (Å²) in [6.07, 6.45) is -0.293. The van der Waals surface area contributed by atoms with Gasteiger partial charge in [0.15, 0.2) is 0 Å². The van der Waals surface area contributed by atoms with E-state index in [-0.39, 0.29) is 0 Å². The number of likely N-dealkylation sites (tertiary alicyclic amines) is 1. The molecule has 90 valence electrons. The van der Waals surface area contributed by atoms with Crippen molar-refractivity contribution in [2.45, 2.75) is 18.6 Å². The highest BCUT2D eigenvalue weighted by Crippen LogP contribution is 2.08. The molecule has 0 amide bonds. The average Bonchev–Trinajstić information content (AvgIpc) is 2.52. The molecule has 15 heavy (non-hydrogen) atoms. The molecule has 1 aliphatic rings. The van der Waals surface area contributed by atoms with Crippen molar-refractivity contribution in [1.82, 2.24) is 4.90 Å². The molecular formula is C10H21NO4. The second kappa shape index (κ2) is 7.14. The van der Waals surface area contributed by atoms with Crippen molar-refractivity contribution in [2.75, 3.05) is 46.6 Å². The van der Waals surface area contributed by atoms with E-state index in [9.17, 15) is 10.2 Å². The number of ether oxygens (including phenoxy) is 2. The maximum absolute atomic E-state index is 9.29. The monoisotopic (exact) mass is 219 g/mol. The molecule has 0 bridgehead atoms. The van der Waals surface area contributed by atoms with Gasteiger partial charge >= 0.3 is 0 Å². The summed E-state index contributed by atoms with van der Waals surface area (Å²) in [7, 11) is 1.67. The Kier molecular flexibility index (Phi) is 6.12. The number of aliphatic hydroxyl groups is 2. The Morgan fingerprint density at radius 3 is 2.40 bits per heavy atom. The van der Waals surface area contributed by atoms with Crippen molar-refractivity contribution >= 4 is 0 Å². The van der Waals surface area contributed by atoms with E-state index in [1.54, 1.807) is 7.11 Å². The van der Waals surface area contributed by atoms with Crippen LogP contribution in [-0.4, -0.2) is 73.9 Å². The molecule has 0 spiro atoms. The first-order valence-corrected chi connectivity index (χ1v) is 5.39. The van der Waals surface area contributed by atoms with Crippen LogP contribution in [0.1, 0.15) is 6.42 Å². The summed E-state index contributed by atoms with van der Waals surface area (Å²) in [6.45, 7) is 3.92. The van der Waals surface area contributed by atoms with Gasteiger partial charge in [-0.25, -0.2) is 0 Å². The van der Waals surface area contributed by atoms with Crippen molar-refractivity contribution in [3.8, 4) is 0 Å². The molecule has 5 heteroatoms. The number of hydrogen-bond acceptors (Lipinski definition) is 5. The van der Waals surface area contributed by atoms with Gasteiger partial charge < -0.3 is 19.7 Å². The predicted octanol–water partition coefficient (Wildman–Crippen LogP) is -0.923. The van der Waals surface area contributed by atoms with Crippen LogP contribution in [0.3, 0.4) is 0 Å². The first-order chi connectivity index (χ1) is 7.24. The average molecular weight is 219 g/mol. The summed E-state index contributed by atoms with van der Waals surface area (Å²) in [5.74, 6) is 0. The Hall–Kier alpha value is -0.200. The second-order valence-corrected chi connectivity index (χ2v) is 3.85. The Bertz CT molecular complexity index is 158. The summed E-state index contributed by atoms with van der Waals surface area (Å²) in [5.41, 5.74) is 0. The summed E-state index contributed by atoms with van der Waals surface area (Å²) in [6, 6.07) is 0. The van der Waals surface area contributed by atoms with Crippen LogP contribution < -0.4 is 0 Å². The van der Waals surface area contributed by atoms with E-state index in [2.05, 4.69) is 0 Å². The smallest absolute Gasteiger partial charge is 0.0938 e. The van der Waals surface area contributed by atoms with Gasteiger partial charge in [-0.15, -0.1) is 0 Å². The summed E-state index contributed by atoms with van der Waals surface area (Å²) >= 11 is 0. The fourth-order valence-corrected chi connectivity index (χ4v) is 1.63. The van der Waals surface area contributed by atoms with Crippen LogP contribution in [0.2, 0.25) is 0 Å². The molecule has 0 unspecified atom stereocenters. The van der Waals surface area contributed by atoms with Gasteiger partial charge in [-0.1, -0.05) is 0 Å². The van der Waals surface area contributed by atoms with Crippen molar-refractivity contribution in [3.05, 3.63) is 0 Å². The number of β-amino-alcohol motifs (C(OH)–C–C–N with tert-alkyl or cyclic N) is 2. The van der Waals surface area contributed by atoms with E-state index in [1.807, 2.05) is 4.90 Å². The summed E-state index contributed by atoms with van der Waals surface area (Å²) in [5, 5.41) is 18.6. The van der Waals surface area contributed by atoms with E-state index in [4.69, 9.17) is 9.47 Å². The maximum atomic E-state index is 9.29. The zero-order valence-electron chi connectivity index (χ0n) is 9.26. The van der Waals surface area contributed by atoms with Gasteiger partial charge in [-0.2, -0.15) is 0 Å². The van der Waals surface area contributed by atoms with Crippen LogP contribution in [0.4, 0.5) is 0 Å². The lowest BCUT2D eigenvalue weighted by molar-refractivity contribution is 0.0572. The van der Waals surface area contributed by atoms with Crippen molar-refractivity contribution in [2.24, 2.45) is 0 Å². The molecule has 1 aliphatic heterocycles. The molecule has 1 saturated heterocycles. The third-order valence-corrected chi connectivity index (χ3v) is 2.52. The SMILES string of the molecule is COCCCOCCN1C[C@@H](O)[C@@H](O)C1. The fourth-order valence-electron chi connectivity index (χ4n) is 1.63. The summed E-state index contributed by atoms with van der Waals surface area (Å²) in [4.78, 5) is 2.01. The Morgan fingerprint density at radius 2 is 1.80 bits per heavy atom. The van der Waals surface area contributed by atoms with Crippen LogP contribution >= 0.6 is 0 Å². The molecule has 0 aromatic rings. The van der Waals surface area contributed by atoms with E-state index in [1.165, 1.54) is 0 Å². The molecule has 5 nitrogen and oxygen atoms in total. The zero-order chi connectivity index (χ0) is 11.1. The minimum atomic E-state index is -0.599. The van der Waals surface area contributed by atoms with E-state index < -0.39 is 12.2 Å². The number of hydrogen-bond donors (Lipinski definition) is 2. The minimum Gasteiger partial charge on any atom is -0.389 e. The topological polar surface area (TPSA) is 62.2 Å². The van der Waals surface area contributed by atoms with Crippen LogP contribution in [0.25, 0.3) is 0 Å².